The Morgan fingerprint density at radius 3 is 2.48 bits per heavy atom. The number of benzene rings is 1. The molecule has 0 aromatic heterocycles. The summed E-state index contributed by atoms with van der Waals surface area (Å²) in [6.07, 6.45) is 9.74. The molecule has 2 fully saturated rings. The highest BCUT2D eigenvalue weighted by Crippen LogP contribution is 2.27. The molecule has 2 aliphatic rings. The standard InChI is InChI=1S/C21H33N3O/c1-17-15-19(24-13-11-22-12-14-24)9-10-20(17)23-21(25)16-18-7-5-3-2-4-6-8-18/h9-10,15,18,22H,2-8,11-14,16H2,1H3,(H,23,25). The minimum absolute atomic E-state index is 0.184. The second kappa shape index (κ2) is 9.23. The van der Waals surface area contributed by atoms with E-state index in [1.165, 1.54) is 50.6 Å². The third-order valence-electron chi connectivity index (χ3n) is 5.67. The van der Waals surface area contributed by atoms with Crippen LogP contribution in [0.15, 0.2) is 18.2 Å². The van der Waals surface area contributed by atoms with Gasteiger partial charge in [-0.3, -0.25) is 4.79 Å². The van der Waals surface area contributed by atoms with E-state index in [-0.39, 0.29) is 5.91 Å². The summed E-state index contributed by atoms with van der Waals surface area (Å²) in [7, 11) is 0. The molecule has 1 heterocycles. The summed E-state index contributed by atoms with van der Waals surface area (Å²) < 4.78 is 0. The van der Waals surface area contributed by atoms with Crippen LogP contribution in [0.2, 0.25) is 0 Å². The van der Waals surface area contributed by atoms with Gasteiger partial charge in [0.05, 0.1) is 0 Å². The van der Waals surface area contributed by atoms with Crippen molar-refractivity contribution < 1.29 is 4.79 Å². The largest absolute Gasteiger partial charge is 0.369 e. The third-order valence-corrected chi connectivity index (χ3v) is 5.67. The molecule has 1 amide bonds. The van der Waals surface area contributed by atoms with Crippen LogP contribution in [0.25, 0.3) is 0 Å². The molecule has 0 unspecified atom stereocenters. The Hall–Kier alpha value is -1.55. The number of hydrogen-bond acceptors (Lipinski definition) is 3. The summed E-state index contributed by atoms with van der Waals surface area (Å²) in [5, 5.41) is 6.54. The van der Waals surface area contributed by atoms with Gasteiger partial charge < -0.3 is 15.5 Å². The molecule has 1 aromatic rings. The summed E-state index contributed by atoms with van der Waals surface area (Å²) in [6, 6.07) is 6.42. The molecular formula is C21H33N3O. The average molecular weight is 344 g/mol. The van der Waals surface area contributed by atoms with Gasteiger partial charge in [-0.2, -0.15) is 0 Å². The number of aryl methyl sites for hydroxylation is 1. The minimum Gasteiger partial charge on any atom is -0.369 e. The Balaban J connectivity index is 1.55. The minimum atomic E-state index is 0.184. The molecule has 1 saturated carbocycles. The van der Waals surface area contributed by atoms with Gasteiger partial charge in [0.2, 0.25) is 5.91 Å². The van der Waals surface area contributed by atoms with Gasteiger partial charge in [0.15, 0.2) is 0 Å². The number of nitrogens with one attached hydrogen (secondary N) is 2. The molecule has 0 atom stereocenters. The molecule has 1 aromatic carbocycles. The zero-order valence-corrected chi connectivity index (χ0v) is 15.7. The van der Waals surface area contributed by atoms with Gasteiger partial charge in [0, 0.05) is 44.0 Å². The van der Waals surface area contributed by atoms with Crippen molar-refractivity contribution in [3.63, 3.8) is 0 Å². The summed E-state index contributed by atoms with van der Waals surface area (Å²) in [5.41, 5.74) is 3.38. The first-order valence-corrected chi connectivity index (χ1v) is 10.1. The summed E-state index contributed by atoms with van der Waals surface area (Å²) >= 11 is 0. The van der Waals surface area contributed by atoms with E-state index < -0.39 is 0 Å². The molecule has 1 saturated heterocycles. The molecule has 1 aliphatic heterocycles. The third kappa shape index (κ3) is 5.46. The first-order chi connectivity index (χ1) is 12.2. The second-order valence-corrected chi connectivity index (χ2v) is 7.70. The van der Waals surface area contributed by atoms with Crippen LogP contribution in [0.1, 0.15) is 56.9 Å². The van der Waals surface area contributed by atoms with E-state index in [0.717, 1.165) is 37.4 Å². The Morgan fingerprint density at radius 2 is 1.80 bits per heavy atom. The van der Waals surface area contributed by atoms with E-state index in [1.54, 1.807) is 0 Å². The number of nitrogens with zero attached hydrogens (tertiary/aromatic N) is 1. The molecule has 138 valence electrons. The molecule has 0 spiro atoms. The normalized spacial score (nSPS) is 20.0. The van der Waals surface area contributed by atoms with Crippen molar-refractivity contribution in [2.45, 2.75) is 58.3 Å². The Morgan fingerprint density at radius 1 is 1.12 bits per heavy atom. The summed E-state index contributed by atoms with van der Waals surface area (Å²) in [6.45, 7) is 6.27. The monoisotopic (exact) mass is 343 g/mol. The molecule has 4 nitrogen and oxygen atoms in total. The predicted molar refractivity (Wildman–Crippen MR) is 105 cm³/mol. The maximum absolute atomic E-state index is 12.5. The van der Waals surface area contributed by atoms with Crippen molar-refractivity contribution in [2.75, 3.05) is 36.4 Å². The summed E-state index contributed by atoms with van der Waals surface area (Å²) in [5.74, 6) is 0.754. The Labute approximate surface area is 152 Å². The smallest absolute Gasteiger partial charge is 0.224 e. The quantitative estimate of drug-likeness (QED) is 0.865. The van der Waals surface area contributed by atoms with Crippen LogP contribution in [0, 0.1) is 12.8 Å². The second-order valence-electron chi connectivity index (χ2n) is 7.70. The number of rotatable bonds is 4. The SMILES string of the molecule is Cc1cc(N2CCNCC2)ccc1NC(=O)CC1CCCCCCC1. The number of anilines is 2. The molecular weight excluding hydrogens is 310 g/mol. The highest BCUT2D eigenvalue weighted by molar-refractivity contribution is 5.91. The lowest BCUT2D eigenvalue weighted by Gasteiger charge is -2.30. The molecule has 0 bridgehead atoms. The molecule has 3 rings (SSSR count). The first-order valence-electron chi connectivity index (χ1n) is 10.1. The van der Waals surface area contributed by atoms with E-state index in [4.69, 9.17) is 0 Å². The zero-order valence-electron chi connectivity index (χ0n) is 15.7. The summed E-state index contributed by atoms with van der Waals surface area (Å²) in [4.78, 5) is 14.9. The highest BCUT2D eigenvalue weighted by atomic mass is 16.1. The van der Waals surface area contributed by atoms with Crippen LogP contribution in [0.5, 0.6) is 0 Å². The fourth-order valence-corrected chi connectivity index (χ4v) is 4.12. The number of carbonyl (C=O) groups is 1. The number of amides is 1. The van der Waals surface area contributed by atoms with Crippen molar-refractivity contribution in [1.82, 2.24) is 5.32 Å². The Kier molecular flexibility index (Phi) is 6.74. The van der Waals surface area contributed by atoms with Crippen molar-refractivity contribution in [1.29, 1.82) is 0 Å². The number of piperazine rings is 1. The van der Waals surface area contributed by atoms with Crippen LogP contribution in [-0.2, 0) is 4.79 Å². The molecule has 0 radical (unpaired) electrons. The van der Waals surface area contributed by atoms with Gasteiger partial charge in [-0.25, -0.2) is 0 Å². The van der Waals surface area contributed by atoms with Crippen LogP contribution in [0.4, 0.5) is 11.4 Å². The van der Waals surface area contributed by atoms with Crippen LogP contribution >= 0.6 is 0 Å². The Bertz CT molecular complexity index is 558. The first kappa shape index (κ1) is 18.2. The lowest BCUT2D eigenvalue weighted by Crippen LogP contribution is -2.43. The maximum atomic E-state index is 12.5. The van der Waals surface area contributed by atoms with Crippen LogP contribution < -0.4 is 15.5 Å². The average Bonchev–Trinajstić information content (AvgIpc) is 2.60. The lowest BCUT2D eigenvalue weighted by atomic mass is 9.88. The van der Waals surface area contributed by atoms with Gasteiger partial charge in [0.25, 0.3) is 0 Å². The van der Waals surface area contributed by atoms with Crippen molar-refractivity contribution >= 4 is 17.3 Å². The number of carbonyl (C=O) groups excluding carboxylic acids is 1. The molecule has 1 aliphatic carbocycles. The van der Waals surface area contributed by atoms with Crippen LogP contribution in [-0.4, -0.2) is 32.1 Å². The lowest BCUT2D eigenvalue weighted by molar-refractivity contribution is -0.117. The molecule has 4 heteroatoms. The van der Waals surface area contributed by atoms with Crippen molar-refractivity contribution in [3.05, 3.63) is 23.8 Å². The topological polar surface area (TPSA) is 44.4 Å². The molecule has 25 heavy (non-hydrogen) atoms. The van der Waals surface area contributed by atoms with Gasteiger partial charge in [0.1, 0.15) is 0 Å². The fraction of sp³-hybridized carbons (Fsp3) is 0.667. The van der Waals surface area contributed by atoms with Gasteiger partial charge in [-0.15, -0.1) is 0 Å². The van der Waals surface area contributed by atoms with E-state index in [1.807, 2.05) is 0 Å². The van der Waals surface area contributed by atoms with E-state index in [9.17, 15) is 4.79 Å². The van der Waals surface area contributed by atoms with Crippen molar-refractivity contribution in [3.8, 4) is 0 Å². The van der Waals surface area contributed by atoms with Gasteiger partial charge in [-0.05, 0) is 49.4 Å². The molecule has 2 N–H and O–H groups in total. The van der Waals surface area contributed by atoms with Gasteiger partial charge in [-0.1, -0.05) is 32.1 Å². The zero-order chi connectivity index (χ0) is 17.5. The number of hydrogen-bond donors (Lipinski definition) is 2. The highest BCUT2D eigenvalue weighted by Gasteiger charge is 2.17. The van der Waals surface area contributed by atoms with E-state index in [0.29, 0.717) is 12.3 Å². The van der Waals surface area contributed by atoms with Crippen LogP contribution in [0.3, 0.4) is 0 Å². The van der Waals surface area contributed by atoms with E-state index >= 15 is 0 Å². The predicted octanol–water partition coefficient (Wildman–Crippen LogP) is 4.09. The van der Waals surface area contributed by atoms with Crippen molar-refractivity contribution in [2.24, 2.45) is 5.92 Å². The van der Waals surface area contributed by atoms with Gasteiger partial charge >= 0.3 is 0 Å². The van der Waals surface area contributed by atoms with E-state index in [2.05, 4.69) is 40.7 Å². The fourth-order valence-electron chi connectivity index (χ4n) is 4.12. The maximum Gasteiger partial charge on any atom is 0.224 e.